The molecule has 0 unspecified atom stereocenters. The van der Waals surface area contributed by atoms with Crippen LogP contribution >= 0.6 is 0 Å². The third-order valence-electron chi connectivity index (χ3n) is 2.20. The Balaban J connectivity index is 2.37. The molecule has 5 nitrogen and oxygen atoms in total. The highest BCUT2D eigenvalue weighted by Gasteiger charge is 2.30. The smallest absolute Gasteiger partial charge is 0.217 e. The van der Waals surface area contributed by atoms with Crippen LogP contribution in [-0.4, -0.2) is 54.2 Å². The van der Waals surface area contributed by atoms with E-state index >= 15 is 0 Å². The van der Waals surface area contributed by atoms with E-state index in [0.717, 1.165) is 6.54 Å². The molecule has 0 aromatic rings. The molecule has 1 heterocycles. The van der Waals surface area contributed by atoms with E-state index in [2.05, 4.69) is 5.32 Å². The zero-order valence-corrected chi connectivity index (χ0v) is 7.86. The number of carbonyl (C=O) groups is 1. The molecule has 1 aliphatic heterocycles. The van der Waals surface area contributed by atoms with E-state index < -0.39 is 6.10 Å². The Hall–Kier alpha value is -0.650. The van der Waals surface area contributed by atoms with Crippen LogP contribution in [0.15, 0.2) is 0 Å². The topological polar surface area (TPSA) is 78.6 Å². The van der Waals surface area contributed by atoms with Gasteiger partial charge in [0.1, 0.15) is 0 Å². The summed E-state index contributed by atoms with van der Waals surface area (Å²) in [5.41, 5.74) is 5.39. The van der Waals surface area contributed by atoms with Crippen LogP contribution in [0.1, 0.15) is 6.92 Å². The number of nitrogens with zero attached hydrogens (tertiary/aromatic N) is 1. The normalized spacial score (nSPS) is 29.2. The molecule has 1 fully saturated rings. The SMILES string of the molecule is CC(=O)N[C@@H]1CN(CCN)C[C@H]1O. The van der Waals surface area contributed by atoms with Crippen molar-refractivity contribution in [1.82, 2.24) is 10.2 Å². The third-order valence-corrected chi connectivity index (χ3v) is 2.20. The fourth-order valence-electron chi connectivity index (χ4n) is 1.63. The number of aliphatic hydroxyl groups excluding tert-OH is 1. The molecular formula is C8H17N3O2. The molecule has 0 saturated carbocycles. The van der Waals surface area contributed by atoms with Crippen molar-refractivity contribution < 1.29 is 9.90 Å². The molecule has 0 aromatic carbocycles. The maximum atomic E-state index is 10.7. The van der Waals surface area contributed by atoms with E-state index in [0.29, 0.717) is 19.6 Å². The zero-order chi connectivity index (χ0) is 9.84. The molecule has 0 bridgehead atoms. The fourth-order valence-corrected chi connectivity index (χ4v) is 1.63. The van der Waals surface area contributed by atoms with Gasteiger partial charge in [-0.25, -0.2) is 0 Å². The Morgan fingerprint density at radius 2 is 2.38 bits per heavy atom. The summed E-state index contributed by atoms with van der Waals surface area (Å²) in [6.07, 6.45) is -0.463. The molecule has 76 valence electrons. The highest BCUT2D eigenvalue weighted by Crippen LogP contribution is 2.08. The molecule has 0 radical (unpaired) electrons. The molecule has 1 aliphatic rings. The first-order chi connectivity index (χ1) is 6.13. The Kier molecular flexibility index (Phi) is 3.65. The fraction of sp³-hybridized carbons (Fsp3) is 0.875. The number of carbonyl (C=O) groups excluding carboxylic acids is 1. The number of nitrogens with one attached hydrogen (secondary N) is 1. The third kappa shape index (κ3) is 2.95. The number of likely N-dealkylation sites (tertiary alicyclic amines) is 1. The number of aliphatic hydroxyl groups is 1. The number of β-amino-alcohol motifs (C(OH)–C–C–N with tert-alkyl or cyclic N) is 1. The Morgan fingerprint density at radius 1 is 1.69 bits per heavy atom. The molecule has 2 atom stereocenters. The summed E-state index contributed by atoms with van der Waals surface area (Å²) in [6.45, 7) is 4.10. The van der Waals surface area contributed by atoms with Crippen LogP contribution < -0.4 is 11.1 Å². The monoisotopic (exact) mass is 187 g/mol. The quantitative estimate of drug-likeness (QED) is 0.483. The first-order valence-electron chi connectivity index (χ1n) is 4.51. The molecule has 1 amide bonds. The van der Waals surface area contributed by atoms with Gasteiger partial charge in [0.2, 0.25) is 5.91 Å². The Morgan fingerprint density at radius 3 is 2.92 bits per heavy atom. The zero-order valence-electron chi connectivity index (χ0n) is 7.86. The van der Waals surface area contributed by atoms with Gasteiger partial charge in [-0.05, 0) is 0 Å². The standard InChI is InChI=1S/C8H17N3O2/c1-6(12)10-7-4-11(3-2-9)5-8(7)13/h7-8,13H,2-5,9H2,1H3,(H,10,12)/t7-,8-/m1/s1. The van der Waals surface area contributed by atoms with Gasteiger partial charge in [-0.15, -0.1) is 0 Å². The molecule has 1 rings (SSSR count). The molecule has 1 saturated heterocycles. The van der Waals surface area contributed by atoms with E-state index in [1.165, 1.54) is 6.92 Å². The number of hydrogen-bond acceptors (Lipinski definition) is 4. The Bertz CT molecular complexity index is 186. The van der Waals surface area contributed by atoms with Crippen molar-refractivity contribution in [2.45, 2.75) is 19.1 Å². The van der Waals surface area contributed by atoms with Crippen LogP contribution in [0.5, 0.6) is 0 Å². The van der Waals surface area contributed by atoms with Gasteiger partial charge in [-0.3, -0.25) is 9.69 Å². The summed E-state index contributed by atoms with van der Waals surface area (Å²) in [4.78, 5) is 12.8. The molecule has 0 aliphatic carbocycles. The molecular weight excluding hydrogens is 170 g/mol. The highest BCUT2D eigenvalue weighted by molar-refractivity contribution is 5.73. The van der Waals surface area contributed by atoms with Crippen molar-refractivity contribution >= 4 is 5.91 Å². The largest absolute Gasteiger partial charge is 0.390 e. The maximum absolute atomic E-state index is 10.7. The number of amides is 1. The predicted octanol–water partition coefficient (Wildman–Crippen LogP) is -1.87. The summed E-state index contributed by atoms with van der Waals surface area (Å²) in [7, 11) is 0. The van der Waals surface area contributed by atoms with E-state index in [1.807, 2.05) is 4.90 Å². The first-order valence-corrected chi connectivity index (χ1v) is 4.51. The van der Waals surface area contributed by atoms with Gasteiger partial charge in [-0.1, -0.05) is 0 Å². The van der Waals surface area contributed by atoms with Gasteiger partial charge >= 0.3 is 0 Å². The molecule has 0 spiro atoms. The minimum absolute atomic E-state index is 0.0985. The second-order valence-electron chi connectivity index (χ2n) is 3.42. The Labute approximate surface area is 77.9 Å². The van der Waals surface area contributed by atoms with E-state index in [9.17, 15) is 9.90 Å². The molecule has 5 heteroatoms. The highest BCUT2D eigenvalue weighted by atomic mass is 16.3. The molecule has 4 N–H and O–H groups in total. The van der Waals surface area contributed by atoms with Gasteiger partial charge in [0.05, 0.1) is 12.1 Å². The average molecular weight is 187 g/mol. The van der Waals surface area contributed by atoms with Crippen LogP contribution in [0.4, 0.5) is 0 Å². The van der Waals surface area contributed by atoms with E-state index in [4.69, 9.17) is 5.73 Å². The summed E-state index contributed by atoms with van der Waals surface area (Å²) in [6, 6.07) is -0.135. The summed E-state index contributed by atoms with van der Waals surface area (Å²) in [5, 5.41) is 12.2. The molecule has 13 heavy (non-hydrogen) atoms. The minimum Gasteiger partial charge on any atom is -0.390 e. The first kappa shape index (κ1) is 10.4. The maximum Gasteiger partial charge on any atom is 0.217 e. The van der Waals surface area contributed by atoms with E-state index in [1.54, 1.807) is 0 Å². The van der Waals surface area contributed by atoms with Gasteiger partial charge in [0.15, 0.2) is 0 Å². The lowest BCUT2D eigenvalue weighted by Crippen LogP contribution is -2.41. The van der Waals surface area contributed by atoms with Crippen molar-refractivity contribution in [2.75, 3.05) is 26.2 Å². The summed E-state index contributed by atoms with van der Waals surface area (Å²) >= 11 is 0. The van der Waals surface area contributed by atoms with Crippen LogP contribution in [0.25, 0.3) is 0 Å². The van der Waals surface area contributed by atoms with Crippen LogP contribution in [0, 0.1) is 0 Å². The van der Waals surface area contributed by atoms with Crippen LogP contribution in [0.3, 0.4) is 0 Å². The van der Waals surface area contributed by atoms with Crippen molar-refractivity contribution in [3.05, 3.63) is 0 Å². The van der Waals surface area contributed by atoms with Gasteiger partial charge < -0.3 is 16.2 Å². The van der Waals surface area contributed by atoms with Crippen molar-refractivity contribution in [3.8, 4) is 0 Å². The van der Waals surface area contributed by atoms with Crippen LogP contribution in [-0.2, 0) is 4.79 Å². The van der Waals surface area contributed by atoms with Gasteiger partial charge in [-0.2, -0.15) is 0 Å². The lowest BCUT2D eigenvalue weighted by Gasteiger charge is -2.14. The summed E-state index contributed by atoms with van der Waals surface area (Å²) in [5.74, 6) is -0.0985. The van der Waals surface area contributed by atoms with E-state index in [-0.39, 0.29) is 11.9 Å². The predicted molar refractivity (Wildman–Crippen MR) is 49.1 cm³/mol. The second kappa shape index (κ2) is 4.55. The number of rotatable bonds is 3. The van der Waals surface area contributed by atoms with Gasteiger partial charge in [0.25, 0.3) is 0 Å². The van der Waals surface area contributed by atoms with Crippen molar-refractivity contribution in [1.29, 1.82) is 0 Å². The lowest BCUT2D eigenvalue weighted by molar-refractivity contribution is -0.120. The minimum atomic E-state index is -0.463. The average Bonchev–Trinajstić information content (AvgIpc) is 2.31. The molecule has 0 aromatic heterocycles. The van der Waals surface area contributed by atoms with Crippen molar-refractivity contribution in [2.24, 2.45) is 5.73 Å². The number of nitrogens with two attached hydrogens (primary N) is 1. The van der Waals surface area contributed by atoms with Gasteiger partial charge in [0, 0.05) is 33.1 Å². The summed E-state index contributed by atoms with van der Waals surface area (Å²) < 4.78 is 0. The second-order valence-corrected chi connectivity index (χ2v) is 3.42. The van der Waals surface area contributed by atoms with Crippen molar-refractivity contribution in [3.63, 3.8) is 0 Å². The van der Waals surface area contributed by atoms with Crippen LogP contribution in [0.2, 0.25) is 0 Å². The lowest BCUT2D eigenvalue weighted by atomic mass is 10.2. The number of hydrogen-bond donors (Lipinski definition) is 3.